The van der Waals surface area contributed by atoms with Gasteiger partial charge in [0.05, 0.1) is 0 Å². The minimum absolute atomic E-state index is 0.0468. The van der Waals surface area contributed by atoms with Crippen molar-refractivity contribution in [2.45, 2.75) is 39.5 Å². The van der Waals surface area contributed by atoms with Crippen LogP contribution in [0.15, 0.2) is 18.2 Å². The third-order valence-corrected chi connectivity index (χ3v) is 4.18. The fourth-order valence-corrected chi connectivity index (χ4v) is 2.67. The fourth-order valence-electron chi connectivity index (χ4n) is 2.67. The molecule has 24 heavy (non-hydrogen) atoms. The van der Waals surface area contributed by atoms with Crippen molar-refractivity contribution in [3.05, 3.63) is 23.8 Å². The number of anilines is 2. The zero-order valence-electron chi connectivity index (χ0n) is 14.5. The van der Waals surface area contributed by atoms with Crippen LogP contribution < -0.4 is 16.0 Å². The van der Waals surface area contributed by atoms with E-state index >= 15 is 0 Å². The highest BCUT2D eigenvalue weighted by atomic mass is 16.5. The summed E-state index contributed by atoms with van der Waals surface area (Å²) in [6.45, 7) is 6.00. The largest absolute Gasteiger partial charge is 0.381 e. The number of hydrogen-bond donors (Lipinski definition) is 3. The summed E-state index contributed by atoms with van der Waals surface area (Å²) in [6.07, 6.45) is 3.62. The number of ether oxygens (including phenoxy) is 1. The Hall–Kier alpha value is -2.08. The van der Waals surface area contributed by atoms with E-state index < -0.39 is 0 Å². The van der Waals surface area contributed by atoms with E-state index in [0.717, 1.165) is 37.3 Å². The molecule has 132 valence electrons. The lowest BCUT2D eigenvalue weighted by molar-refractivity contribution is -0.115. The van der Waals surface area contributed by atoms with Gasteiger partial charge in [0.2, 0.25) is 5.91 Å². The molecular weight excluding hydrogens is 306 g/mol. The van der Waals surface area contributed by atoms with Crippen LogP contribution >= 0.6 is 0 Å². The monoisotopic (exact) mass is 333 g/mol. The Morgan fingerprint density at radius 2 is 2.12 bits per heavy atom. The van der Waals surface area contributed by atoms with Gasteiger partial charge in [-0.1, -0.05) is 13.0 Å². The first kappa shape index (κ1) is 18.3. The van der Waals surface area contributed by atoms with E-state index in [1.54, 1.807) is 13.0 Å². The lowest BCUT2D eigenvalue weighted by Crippen LogP contribution is -2.31. The number of amides is 3. The molecule has 3 amide bonds. The predicted octanol–water partition coefficient (Wildman–Crippen LogP) is 3.28. The van der Waals surface area contributed by atoms with E-state index in [-0.39, 0.29) is 11.9 Å². The van der Waals surface area contributed by atoms with Crippen molar-refractivity contribution >= 4 is 23.3 Å². The maximum absolute atomic E-state index is 12.0. The molecule has 6 nitrogen and oxygen atoms in total. The number of aryl methyl sites for hydroxylation is 1. The van der Waals surface area contributed by atoms with E-state index in [0.29, 0.717) is 24.6 Å². The molecule has 0 saturated carbocycles. The van der Waals surface area contributed by atoms with E-state index in [4.69, 9.17) is 4.74 Å². The second kappa shape index (κ2) is 9.27. The third kappa shape index (κ3) is 5.85. The van der Waals surface area contributed by atoms with Gasteiger partial charge in [-0.2, -0.15) is 0 Å². The summed E-state index contributed by atoms with van der Waals surface area (Å²) in [5.74, 6) is 0.490. The van der Waals surface area contributed by atoms with Crippen molar-refractivity contribution in [3.8, 4) is 0 Å². The van der Waals surface area contributed by atoms with Crippen molar-refractivity contribution in [1.82, 2.24) is 5.32 Å². The van der Waals surface area contributed by atoms with Gasteiger partial charge in [-0.3, -0.25) is 4.79 Å². The van der Waals surface area contributed by atoms with Crippen molar-refractivity contribution in [1.29, 1.82) is 0 Å². The van der Waals surface area contributed by atoms with Gasteiger partial charge < -0.3 is 20.7 Å². The van der Waals surface area contributed by atoms with Crippen LogP contribution in [0.4, 0.5) is 16.2 Å². The zero-order chi connectivity index (χ0) is 17.4. The second-order valence-corrected chi connectivity index (χ2v) is 6.18. The SMILES string of the molecule is CCC(=O)Nc1cc(NC(=O)NCC[C@@H]2CCCOC2)ccc1C. The Labute approximate surface area is 143 Å². The van der Waals surface area contributed by atoms with Crippen LogP contribution in [0.5, 0.6) is 0 Å². The maximum atomic E-state index is 12.0. The standard InChI is InChI=1S/C18H27N3O3/c1-3-17(22)21-16-11-15(7-6-13(16)2)20-18(23)19-9-8-14-5-4-10-24-12-14/h6-7,11,14H,3-5,8-10,12H2,1-2H3,(H,21,22)(H2,19,20,23)/t14-/m0/s1. The van der Waals surface area contributed by atoms with Gasteiger partial charge in [0.1, 0.15) is 0 Å². The normalized spacial score (nSPS) is 17.2. The van der Waals surface area contributed by atoms with E-state index in [1.807, 2.05) is 19.1 Å². The molecule has 1 saturated heterocycles. The second-order valence-electron chi connectivity index (χ2n) is 6.18. The summed E-state index contributed by atoms with van der Waals surface area (Å²) in [7, 11) is 0. The third-order valence-electron chi connectivity index (χ3n) is 4.18. The van der Waals surface area contributed by atoms with Gasteiger partial charge in [-0.25, -0.2) is 4.79 Å². The Bertz CT molecular complexity index is 569. The molecule has 1 aliphatic rings. The highest BCUT2D eigenvalue weighted by Crippen LogP contribution is 2.20. The molecule has 0 radical (unpaired) electrons. The molecule has 1 fully saturated rings. The molecular formula is C18H27N3O3. The molecule has 1 heterocycles. The lowest BCUT2D eigenvalue weighted by atomic mass is 9.99. The van der Waals surface area contributed by atoms with Crippen molar-refractivity contribution in [3.63, 3.8) is 0 Å². The fraction of sp³-hybridized carbons (Fsp3) is 0.556. The minimum Gasteiger partial charge on any atom is -0.381 e. The number of carbonyl (C=O) groups excluding carboxylic acids is 2. The molecule has 0 spiro atoms. The highest BCUT2D eigenvalue weighted by Gasteiger charge is 2.14. The number of carbonyl (C=O) groups is 2. The summed E-state index contributed by atoms with van der Waals surface area (Å²) >= 11 is 0. The Morgan fingerprint density at radius 3 is 2.83 bits per heavy atom. The smallest absolute Gasteiger partial charge is 0.319 e. The summed E-state index contributed by atoms with van der Waals surface area (Å²) < 4.78 is 5.44. The lowest BCUT2D eigenvalue weighted by Gasteiger charge is -2.21. The molecule has 0 aromatic heterocycles. The van der Waals surface area contributed by atoms with Crippen LogP contribution in [0.25, 0.3) is 0 Å². The topological polar surface area (TPSA) is 79.5 Å². The molecule has 0 unspecified atom stereocenters. The summed E-state index contributed by atoms with van der Waals surface area (Å²) in [5, 5.41) is 8.51. The number of urea groups is 1. The van der Waals surface area contributed by atoms with Gasteiger partial charge in [-0.05, 0) is 49.8 Å². The summed E-state index contributed by atoms with van der Waals surface area (Å²) in [4.78, 5) is 23.5. The Kier molecular flexibility index (Phi) is 7.06. The number of hydrogen-bond acceptors (Lipinski definition) is 3. The van der Waals surface area contributed by atoms with E-state index in [2.05, 4.69) is 16.0 Å². The first-order chi connectivity index (χ1) is 11.6. The first-order valence-corrected chi connectivity index (χ1v) is 8.61. The maximum Gasteiger partial charge on any atom is 0.319 e. The van der Waals surface area contributed by atoms with Gasteiger partial charge in [0, 0.05) is 37.6 Å². The average Bonchev–Trinajstić information content (AvgIpc) is 2.58. The molecule has 1 aromatic carbocycles. The van der Waals surface area contributed by atoms with Crippen molar-refractivity contribution in [2.75, 3.05) is 30.4 Å². The molecule has 1 atom stereocenters. The van der Waals surface area contributed by atoms with E-state index in [9.17, 15) is 9.59 Å². The van der Waals surface area contributed by atoms with Gasteiger partial charge in [-0.15, -0.1) is 0 Å². The molecule has 3 N–H and O–H groups in total. The molecule has 6 heteroatoms. The highest BCUT2D eigenvalue weighted by molar-refractivity contribution is 5.94. The van der Waals surface area contributed by atoms with Crippen LogP contribution in [-0.4, -0.2) is 31.7 Å². The number of nitrogens with one attached hydrogen (secondary N) is 3. The first-order valence-electron chi connectivity index (χ1n) is 8.61. The molecule has 1 aliphatic heterocycles. The van der Waals surface area contributed by atoms with Gasteiger partial charge in [0.15, 0.2) is 0 Å². The Balaban J connectivity index is 1.80. The Morgan fingerprint density at radius 1 is 1.29 bits per heavy atom. The van der Waals surface area contributed by atoms with E-state index in [1.165, 1.54) is 6.42 Å². The van der Waals surface area contributed by atoms with Gasteiger partial charge >= 0.3 is 6.03 Å². The molecule has 2 rings (SSSR count). The van der Waals surface area contributed by atoms with Crippen LogP contribution in [0.2, 0.25) is 0 Å². The van der Waals surface area contributed by atoms with Crippen LogP contribution in [0, 0.1) is 12.8 Å². The summed E-state index contributed by atoms with van der Waals surface area (Å²) in [6, 6.07) is 5.24. The van der Waals surface area contributed by atoms with Gasteiger partial charge in [0.25, 0.3) is 0 Å². The van der Waals surface area contributed by atoms with Crippen molar-refractivity contribution < 1.29 is 14.3 Å². The van der Waals surface area contributed by atoms with Crippen LogP contribution in [0.1, 0.15) is 38.2 Å². The molecule has 0 aliphatic carbocycles. The molecule has 1 aromatic rings. The predicted molar refractivity (Wildman–Crippen MR) is 95.3 cm³/mol. The van der Waals surface area contributed by atoms with Crippen LogP contribution in [-0.2, 0) is 9.53 Å². The molecule has 0 bridgehead atoms. The summed E-state index contributed by atoms with van der Waals surface area (Å²) in [5.41, 5.74) is 2.34. The zero-order valence-corrected chi connectivity index (χ0v) is 14.5. The van der Waals surface area contributed by atoms with Crippen LogP contribution in [0.3, 0.4) is 0 Å². The average molecular weight is 333 g/mol. The van der Waals surface area contributed by atoms with Crippen molar-refractivity contribution in [2.24, 2.45) is 5.92 Å². The quantitative estimate of drug-likeness (QED) is 0.747. The number of benzene rings is 1. The minimum atomic E-state index is -0.233. The number of rotatable bonds is 6.